The van der Waals surface area contributed by atoms with Crippen LogP contribution in [0.15, 0.2) is 0 Å². The van der Waals surface area contributed by atoms with E-state index < -0.39 is 24.7 Å². The Hall–Kier alpha value is -0.408. The Morgan fingerprint density at radius 3 is 2.32 bits per heavy atom. The molecule has 0 fully saturated rings. The van der Waals surface area contributed by atoms with Crippen molar-refractivity contribution in [1.82, 2.24) is 4.90 Å². The molecule has 0 bridgehead atoms. The van der Waals surface area contributed by atoms with E-state index in [0.717, 1.165) is 19.9 Å². The number of hydrogen-bond donors (Lipinski definition) is 1. The van der Waals surface area contributed by atoms with E-state index in [9.17, 15) is 18.0 Å². The molecule has 3 nitrogen and oxygen atoms in total. The van der Waals surface area contributed by atoms with E-state index in [2.05, 4.69) is 16.3 Å². The first kappa shape index (κ1) is 18.6. The Kier molecular flexibility index (Phi) is 8.52. The summed E-state index contributed by atoms with van der Waals surface area (Å²) in [4.78, 5) is 11.3. The number of nitrogens with zero attached hydrogens (tertiary/aromatic N) is 1. The first-order valence-electron chi connectivity index (χ1n) is 6.35. The SMILES string of the molecule is CCC[CH]([Cr])CCCC(CN(C)C(=O)O)C(F)(F)F. The summed E-state index contributed by atoms with van der Waals surface area (Å²) in [6.07, 6.45) is -2.58. The molecule has 1 N–H and O–H groups in total. The minimum absolute atomic E-state index is 0.0248. The first-order valence-corrected chi connectivity index (χ1v) is 7.08. The summed E-state index contributed by atoms with van der Waals surface area (Å²) < 4.78 is 38.7. The molecule has 7 heteroatoms. The Bertz CT molecular complexity index is 274. The van der Waals surface area contributed by atoms with Gasteiger partial charge in [0.2, 0.25) is 0 Å². The van der Waals surface area contributed by atoms with Crippen LogP contribution in [-0.2, 0) is 16.3 Å². The molecule has 0 heterocycles. The Balaban J connectivity index is 4.26. The third-order valence-electron chi connectivity index (χ3n) is 2.97. The molecule has 113 valence electrons. The van der Waals surface area contributed by atoms with E-state index in [1.54, 1.807) is 0 Å². The monoisotopic (exact) mass is 320 g/mol. The molecule has 2 atom stereocenters. The summed E-state index contributed by atoms with van der Waals surface area (Å²) >= 11 is 2.96. The molecule has 0 radical (unpaired) electrons. The average molecular weight is 320 g/mol. The summed E-state index contributed by atoms with van der Waals surface area (Å²) in [6, 6.07) is 0. The van der Waals surface area contributed by atoms with Crippen LogP contribution >= 0.6 is 0 Å². The maximum atomic E-state index is 12.8. The normalized spacial score (nSPS) is 15.0. The Morgan fingerprint density at radius 2 is 1.89 bits per heavy atom. The van der Waals surface area contributed by atoms with Crippen LogP contribution in [0.1, 0.15) is 39.0 Å². The molecule has 0 aliphatic heterocycles. The number of carboxylic acid groups (broad SMARTS) is 1. The second kappa shape index (κ2) is 8.70. The van der Waals surface area contributed by atoms with Crippen molar-refractivity contribution in [3.05, 3.63) is 0 Å². The first-order chi connectivity index (χ1) is 8.68. The van der Waals surface area contributed by atoms with Crippen molar-refractivity contribution in [2.24, 2.45) is 5.92 Å². The number of amides is 1. The Labute approximate surface area is 120 Å². The zero-order valence-electron chi connectivity index (χ0n) is 11.2. The van der Waals surface area contributed by atoms with Gasteiger partial charge in [-0.2, -0.15) is 0 Å². The van der Waals surface area contributed by atoms with Gasteiger partial charge in [0.25, 0.3) is 0 Å². The van der Waals surface area contributed by atoms with Gasteiger partial charge in [-0.1, -0.05) is 0 Å². The fourth-order valence-corrected chi connectivity index (χ4v) is 2.45. The van der Waals surface area contributed by atoms with Crippen LogP contribution in [0.25, 0.3) is 0 Å². The molecule has 2 unspecified atom stereocenters. The van der Waals surface area contributed by atoms with Crippen LogP contribution in [0.3, 0.4) is 0 Å². The molecule has 0 rings (SSSR count). The minimum atomic E-state index is -4.35. The summed E-state index contributed by atoms with van der Waals surface area (Å²) in [7, 11) is 1.16. The Morgan fingerprint density at radius 1 is 1.32 bits per heavy atom. The number of hydrogen-bond acceptors (Lipinski definition) is 1. The third-order valence-corrected chi connectivity index (χ3v) is 3.71. The maximum absolute atomic E-state index is 12.8. The van der Waals surface area contributed by atoms with Crippen molar-refractivity contribution in [3.63, 3.8) is 0 Å². The van der Waals surface area contributed by atoms with Crippen molar-refractivity contribution in [3.8, 4) is 0 Å². The van der Waals surface area contributed by atoms with Crippen LogP contribution < -0.4 is 0 Å². The van der Waals surface area contributed by atoms with Gasteiger partial charge in [-0.25, -0.2) is 0 Å². The number of rotatable bonds is 8. The van der Waals surface area contributed by atoms with Crippen molar-refractivity contribution in [2.75, 3.05) is 13.6 Å². The molecule has 19 heavy (non-hydrogen) atoms. The second-order valence-electron chi connectivity index (χ2n) is 4.74. The quantitative estimate of drug-likeness (QED) is 0.732. The van der Waals surface area contributed by atoms with E-state index in [1.165, 1.54) is 0 Å². The van der Waals surface area contributed by atoms with Crippen LogP contribution in [0, 0.1) is 5.92 Å². The average Bonchev–Trinajstić information content (AvgIpc) is 2.26. The van der Waals surface area contributed by atoms with E-state index in [1.807, 2.05) is 6.92 Å². The van der Waals surface area contributed by atoms with Crippen LogP contribution in [0.2, 0.25) is 4.78 Å². The van der Waals surface area contributed by atoms with Crippen LogP contribution in [-0.4, -0.2) is 35.9 Å². The van der Waals surface area contributed by atoms with Gasteiger partial charge in [0.15, 0.2) is 0 Å². The van der Waals surface area contributed by atoms with E-state index in [0.29, 0.717) is 22.5 Å². The van der Waals surface area contributed by atoms with Gasteiger partial charge >= 0.3 is 120 Å². The molecule has 0 saturated carbocycles. The molecule has 0 aliphatic rings. The van der Waals surface area contributed by atoms with E-state index in [-0.39, 0.29) is 6.42 Å². The van der Waals surface area contributed by atoms with Crippen molar-refractivity contribution < 1.29 is 39.4 Å². The van der Waals surface area contributed by atoms with Gasteiger partial charge < -0.3 is 0 Å². The molecular formula is C12H21CrF3NO2. The fourth-order valence-electron chi connectivity index (χ4n) is 1.83. The van der Waals surface area contributed by atoms with Gasteiger partial charge in [0, 0.05) is 0 Å². The van der Waals surface area contributed by atoms with Gasteiger partial charge in [-0.05, 0) is 0 Å². The summed E-state index contributed by atoms with van der Waals surface area (Å²) in [5, 5.41) is 8.63. The van der Waals surface area contributed by atoms with Crippen molar-refractivity contribution in [1.29, 1.82) is 0 Å². The summed E-state index contributed by atoms with van der Waals surface area (Å²) in [5.41, 5.74) is 0. The predicted octanol–water partition coefficient (Wildman–Crippen LogP) is 4.08. The number of alkyl halides is 3. The molecular weight excluding hydrogens is 299 g/mol. The molecule has 1 amide bonds. The van der Waals surface area contributed by atoms with E-state index >= 15 is 0 Å². The second-order valence-corrected chi connectivity index (χ2v) is 5.78. The molecule has 0 aromatic carbocycles. The van der Waals surface area contributed by atoms with Crippen LogP contribution in [0.4, 0.5) is 18.0 Å². The topological polar surface area (TPSA) is 40.5 Å². The van der Waals surface area contributed by atoms with Gasteiger partial charge in [-0.15, -0.1) is 0 Å². The molecule has 0 aliphatic carbocycles. The van der Waals surface area contributed by atoms with Crippen molar-refractivity contribution >= 4 is 6.09 Å². The zero-order valence-corrected chi connectivity index (χ0v) is 12.5. The summed E-state index contributed by atoms with van der Waals surface area (Å²) in [6.45, 7) is 1.54. The zero-order chi connectivity index (χ0) is 15.1. The molecule has 0 saturated heterocycles. The summed E-state index contributed by atoms with van der Waals surface area (Å²) in [5.74, 6) is -1.58. The molecule has 0 aromatic heterocycles. The molecule has 0 spiro atoms. The standard InChI is InChI=1S/C12H21F3NO2.Cr/c1-3-4-5-6-7-8-10(12(13,14)15)9-16(2)11(17)18;/h5,10H,3-4,6-9H2,1-2H3,(H,17,18);. The number of carbonyl (C=O) groups is 1. The van der Waals surface area contributed by atoms with Gasteiger partial charge in [0.1, 0.15) is 0 Å². The van der Waals surface area contributed by atoms with Crippen LogP contribution in [0.5, 0.6) is 0 Å². The van der Waals surface area contributed by atoms with Gasteiger partial charge in [-0.3, -0.25) is 0 Å². The fraction of sp³-hybridized carbons (Fsp3) is 0.917. The van der Waals surface area contributed by atoms with E-state index in [4.69, 9.17) is 5.11 Å². The number of halogens is 3. The predicted molar refractivity (Wildman–Crippen MR) is 62.7 cm³/mol. The van der Waals surface area contributed by atoms with Gasteiger partial charge in [0.05, 0.1) is 0 Å². The van der Waals surface area contributed by atoms with Crippen molar-refractivity contribution in [2.45, 2.75) is 50.0 Å². The molecule has 0 aromatic rings. The third kappa shape index (κ3) is 8.38.